The van der Waals surface area contributed by atoms with E-state index in [1.165, 1.54) is 12.1 Å². The van der Waals surface area contributed by atoms with Crippen molar-refractivity contribution >= 4 is 40.1 Å². The molecule has 1 atom stereocenters. The van der Waals surface area contributed by atoms with Gasteiger partial charge in [0.1, 0.15) is 5.58 Å². The summed E-state index contributed by atoms with van der Waals surface area (Å²) in [4.78, 5) is 28.8. The average molecular weight is 496 g/mol. The van der Waals surface area contributed by atoms with E-state index in [9.17, 15) is 14.7 Å². The van der Waals surface area contributed by atoms with E-state index in [0.717, 1.165) is 5.56 Å². The van der Waals surface area contributed by atoms with Crippen LogP contribution in [0.1, 0.15) is 40.2 Å². The molecule has 0 fully saturated rings. The Kier molecular flexibility index (Phi) is 5.71. The summed E-state index contributed by atoms with van der Waals surface area (Å²) in [6, 6.07) is 15.9. The van der Waals surface area contributed by atoms with Crippen molar-refractivity contribution in [1.29, 1.82) is 0 Å². The molecule has 1 N–H and O–H groups in total. The Morgan fingerprint density at radius 2 is 1.85 bits per heavy atom. The Bertz CT molecular complexity index is 1500. The molecule has 6 nitrogen and oxygen atoms in total. The number of fused-ring (bicyclic) bond motifs is 2. The van der Waals surface area contributed by atoms with Crippen LogP contribution in [0.3, 0.4) is 0 Å². The van der Waals surface area contributed by atoms with Crippen LogP contribution >= 0.6 is 23.2 Å². The van der Waals surface area contributed by atoms with Gasteiger partial charge in [0.25, 0.3) is 5.91 Å². The third-order valence-electron chi connectivity index (χ3n) is 5.83. The standard InChI is InChI=1S/C26H19Cl2NO5/c1-2-33-21-11-14(7-9-19(21)30)23-22-24(31)17-12-16(27)8-10-20(17)34-25(22)26(32)29(23)13-15-5-3-4-6-18(15)28/h3-12,23,30H,2,13H2,1H3/t23-/m0/s1. The van der Waals surface area contributed by atoms with E-state index in [1.54, 1.807) is 48.2 Å². The first-order chi connectivity index (χ1) is 16.4. The fourth-order valence-corrected chi connectivity index (χ4v) is 4.65. The lowest BCUT2D eigenvalue weighted by Crippen LogP contribution is -2.29. The van der Waals surface area contributed by atoms with Gasteiger partial charge in [-0.3, -0.25) is 9.59 Å². The number of carbonyl (C=O) groups excluding carboxylic acids is 1. The molecule has 1 aliphatic heterocycles. The molecule has 1 amide bonds. The first-order valence-electron chi connectivity index (χ1n) is 10.7. The molecule has 0 saturated carbocycles. The monoisotopic (exact) mass is 495 g/mol. The molecule has 172 valence electrons. The molecule has 0 unspecified atom stereocenters. The molecule has 1 aromatic heterocycles. The number of phenols is 1. The van der Waals surface area contributed by atoms with Crippen molar-refractivity contribution < 1.29 is 19.1 Å². The van der Waals surface area contributed by atoms with Gasteiger partial charge in [-0.15, -0.1) is 0 Å². The van der Waals surface area contributed by atoms with Crippen LogP contribution in [0.25, 0.3) is 11.0 Å². The van der Waals surface area contributed by atoms with E-state index in [-0.39, 0.29) is 45.8 Å². The minimum absolute atomic E-state index is 0.0251. The van der Waals surface area contributed by atoms with Crippen molar-refractivity contribution in [1.82, 2.24) is 4.90 Å². The number of phenolic OH excluding ortho intramolecular Hbond substituents is 1. The fourth-order valence-electron chi connectivity index (χ4n) is 4.28. The van der Waals surface area contributed by atoms with Crippen molar-refractivity contribution in [3.63, 3.8) is 0 Å². The van der Waals surface area contributed by atoms with Crippen molar-refractivity contribution in [3.05, 3.63) is 103 Å². The van der Waals surface area contributed by atoms with Gasteiger partial charge in [0.15, 0.2) is 16.9 Å². The average Bonchev–Trinajstić information content (AvgIpc) is 3.09. The molecule has 3 aromatic carbocycles. The predicted molar refractivity (Wildman–Crippen MR) is 130 cm³/mol. The van der Waals surface area contributed by atoms with E-state index < -0.39 is 11.9 Å². The van der Waals surface area contributed by atoms with Gasteiger partial charge < -0.3 is 19.2 Å². The fraction of sp³-hybridized carbons (Fsp3) is 0.154. The summed E-state index contributed by atoms with van der Waals surface area (Å²) in [5.74, 6) is -0.236. The van der Waals surface area contributed by atoms with E-state index in [0.29, 0.717) is 22.2 Å². The van der Waals surface area contributed by atoms with Crippen molar-refractivity contribution in [2.45, 2.75) is 19.5 Å². The van der Waals surface area contributed by atoms with Gasteiger partial charge in [0.2, 0.25) is 5.76 Å². The van der Waals surface area contributed by atoms with Gasteiger partial charge in [-0.05, 0) is 54.4 Å². The molecule has 0 bridgehead atoms. The molecule has 0 spiro atoms. The number of aromatic hydroxyl groups is 1. The van der Waals surface area contributed by atoms with Crippen molar-refractivity contribution in [2.24, 2.45) is 0 Å². The summed E-state index contributed by atoms with van der Waals surface area (Å²) in [6.07, 6.45) is 0. The van der Waals surface area contributed by atoms with E-state index >= 15 is 0 Å². The van der Waals surface area contributed by atoms with Crippen LogP contribution in [0, 0.1) is 0 Å². The van der Waals surface area contributed by atoms with Crippen LogP contribution in [-0.2, 0) is 6.54 Å². The van der Waals surface area contributed by atoms with Crippen LogP contribution in [0.15, 0.2) is 69.9 Å². The van der Waals surface area contributed by atoms with Gasteiger partial charge in [-0.25, -0.2) is 0 Å². The first kappa shape index (κ1) is 22.3. The highest BCUT2D eigenvalue weighted by molar-refractivity contribution is 6.31. The molecule has 5 rings (SSSR count). The summed E-state index contributed by atoms with van der Waals surface area (Å²) in [5, 5.41) is 11.4. The summed E-state index contributed by atoms with van der Waals surface area (Å²) in [5.41, 5.74) is 1.46. The highest BCUT2D eigenvalue weighted by Crippen LogP contribution is 2.42. The predicted octanol–water partition coefficient (Wildman–Crippen LogP) is 5.95. The Hall–Kier alpha value is -3.48. The Morgan fingerprint density at radius 1 is 1.06 bits per heavy atom. The summed E-state index contributed by atoms with van der Waals surface area (Å²) >= 11 is 12.5. The minimum atomic E-state index is -0.779. The van der Waals surface area contributed by atoms with Gasteiger partial charge >= 0.3 is 0 Å². The number of benzene rings is 3. The molecule has 0 aliphatic carbocycles. The Morgan fingerprint density at radius 3 is 2.62 bits per heavy atom. The normalized spacial score (nSPS) is 15.1. The molecule has 34 heavy (non-hydrogen) atoms. The second-order valence-electron chi connectivity index (χ2n) is 7.90. The highest BCUT2D eigenvalue weighted by Gasteiger charge is 2.43. The molecule has 0 saturated heterocycles. The SMILES string of the molecule is CCOc1cc([C@H]2c3c(oc4ccc(Cl)cc4c3=O)C(=O)N2Cc2ccccc2Cl)ccc1O. The number of ether oxygens (including phenoxy) is 1. The lowest BCUT2D eigenvalue weighted by molar-refractivity contribution is 0.0714. The molecule has 2 heterocycles. The maximum absolute atomic E-state index is 13.6. The number of carbonyl (C=O) groups is 1. The number of nitrogens with zero attached hydrogens (tertiary/aromatic N) is 1. The van der Waals surface area contributed by atoms with E-state index in [2.05, 4.69) is 0 Å². The number of hydrogen-bond acceptors (Lipinski definition) is 5. The molecule has 8 heteroatoms. The molecule has 0 radical (unpaired) electrons. The summed E-state index contributed by atoms with van der Waals surface area (Å²) in [6.45, 7) is 2.29. The van der Waals surface area contributed by atoms with Crippen molar-refractivity contribution in [2.75, 3.05) is 6.61 Å². The zero-order chi connectivity index (χ0) is 24.0. The van der Waals surface area contributed by atoms with Gasteiger partial charge in [0.05, 0.1) is 23.6 Å². The van der Waals surface area contributed by atoms with Crippen LogP contribution < -0.4 is 10.2 Å². The molecular formula is C26H19Cl2NO5. The third kappa shape index (κ3) is 3.69. The van der Waals surface area contributed by atoms with Gasteiger partial charge in [-0.2, -0.15) is 0 Å². The lowest BCUT2D eigenvalue weighted by atomic mass is 9.97. The van der Waals surface area contributed by atoms with Crippen LogP contribution in [0.5, 0.6) is 11.5 Å². The maximum atomic E-state index is 13.6. The van der Waals surface area contributed by atoms with E-state index in [4.69, 9.17) is 32.4 Å². The smallest absolute Gasteiger partial charge is 0.291 e. The second-order valence-corrected chi connectivity index (χ2v) is 8.75. The van der Waals surface area contributed by atoms with Crippen molar-refractivity contribution in [3.8, 4) is 11.5 Å². The van der Waals surface area contributed by atoms with Crippen LogP contribution in [-0.4, -0.2) is 22.5 Å². The molecule has 4 aromatic rings. The van der Waals surface area contributed by atoms with Gasteiger partial charge in [0, 0.05) is 16.6 Å². The zero-order valence-corrected chi connectivity index (χ0v) is 19.6. The summed E-state index contributed by atoms with van der Waals surface area (Å²) in [7, 11) is 0. The quantitative estimate of drug-likeness (QED) is 0.370. The largest absolute Gasteiger partial charge is 0.504 e. The van der Waals surface area contributed by atoms with Crippen LogP contribution in [0.4, 0.5) is 0 Å². The number of rotatable bonds is 5. The molecule has 1 aliphatic rings. The lowest BCUT2D eigenvalue weighted by Gasteiger charge is -2.26. The Balaban J connectivity index is 1.74. The number of amides is 1. The van der Waals surface area contributed by atoms with Gasteiger partial charge in [-0.1, -0.05) is 47.5 Å². The maximum Gasteiger partial charge on any atom is 0.291 e. The summed E-state index contributed by atoms with van der Waals surface area (Å²) < 4.78 is 11.5. The Labute approximate surface area is 204 Å². The molecular weight excluding hydrogens is 477 g/mol. The minimum Gasteiger partial charge on any atom is -0.504 e. The number of halogens is 2. The second kappa shape index (κ2) is 8.70. The zero-order valence-electron chi connectivity index (χ0n) is 18.0. The first-order valence-corrected chi connectivity index (χ1v) is 11.4. The van der Waals surface area contributed by atoms with Crippen LogP contribution in [0.2, 0.25) is 10.0 Å². The number of hydrogen-bond donors (Lipinski definition) is 1. The van der Waals surface area contributed by atoms with E-state index in [1.807, 2.05) is 12.1 Å². The third-order valence-corrected chi connectivity index (χ3v) is 6.43. The topological polar surface area (TPSA) is 80.0 Å². The highest BCUT2D eigenvalue weighted by atomic mass is 35.5.